The third-order valence-electron chi connectivity index (χ3n) is 4.97. The minimum atomic E-state index is -4.32. The fourth-order valence-corrected chi connectivity index (χ4v) is 3.96. The maximum absolute atomic E-state index is 13.1. The molecule has 4 rings (SSSR count). The predicted octanol–water partition coefficient (Wildman–Crippen LogP) is 3.07. The smallest absolute Gasteiger partial charge is 0.316 e. The number of hydrogen-bond donors (Lipinski definition) is 1. The Labute approximate surface area is 120 Å². The topological polar surface area (TPSA) is 29.3 Å². The van der Waals surface area contributed by atoms with Crippen LogP contribution in [0.1, 0.15) is 29.9 Å². The van der Waals surface area contributed by atoms with Crippen LogP contribution in [0.5, 0.6) is 0 Å². The summed E-state index contributed by atoms with van der Waals surface area (Å²) in [6.07, 6.45) is 1.87. The first kappa shape index (κ1) is 13.1. The van der Waals surface area contributed by atoms with Gasteiger partial charge in [-0.3, -0.25) is 0 Å². The Morgan fingerprint density at radius 2 is 1.90 bits per heavy atom. The molecule has 3 nitrogen and oxygen atoms in total. The summed E-state index contributed by atoms with van der Waals surface area (Å²) in [5.74, 6) is 1.42. The van der Waals surface area contributed by atoms with E-state index in [1.807, 2.05) is 0 Å². The van der Waals surface area contributed by atoms with Gasteiger partial charge < -0.3 is 9.72 Å². The van der Waals surface area contributed by atoms with Crippen LogP contribution in [0.4, 0.5) is 13.2 Å². The Hall–Kier alpha value is -1.56. The predicted molar refractivity (Wildman–Crippen MR) is 72.0 cm³/mol. The van der Waals surface area contributed by atoms with Crippen LogP contribution in [-0.2, 0) is 6.18 Å². The molecule has 2 aliphatic rings. The molecule has 0 radical (unpaired) electrons. The van der Waals surface area contributed by atoms with Crippen LogP contribution in [0.3, 0.4) is 0 Å². The first-order chi connectivity index (χ1) is 10.0. The monoisotopic (exact) mass is 295 g/mol. The van der Waals surface area contributed by atoms with E-state index in [2.05, 4.69) is 10.3 Å². The van der Waals surface area contributed by atoms with Crippen molar-refractivity contribution in [1.29, 1.82) is 0 Å². The van der Waals surface area contributed by atoms with E-state index >= 15 is 0 Å². The highest BCUT2D eigenvalue weighted by molar-refractivity contribution is 5.56. The van der Waals surface area contributed by atoms with E-state index in [0.29, 0.717) is 11.8 Å². The fraction of sp³-hybridized carbons (Fsp3) is 0.533. The van der Waals surface area contributed by atoms with Crippen molar-refractivity contribution in [3.63, 3.8) is 0 Å². The summed E-state index contributed by atoms with van der Waals surface area (Å²) in [5, 5.41) is 3.37. The lowest BCUT2D eigenvalue weighted by Gasteiger charge is -2.16. The highest BCUT2D eigenvalue weighted by Gasteiger charge is 2.39. The zero-order valence-corrected chi connectivity index (χ0v) is 11.4. The van der Waals surface area contributed by atoms with Crippen molar-refractivity contribution in [3.05, 3.63) is 35.9 Å². The first-order valence-electron chi connectivity index (χ1n) is 7.26. The number of imidazole rings is 1. The van der Waals surface area contributed by atoms with E-state index in [4.69, 9.17) is 0 Å². The number of nitrogens with zero attached hydrogens (tertiary/aromatic N) is 2. The lowest BCUT2D eigenvalue weighted by Crippen LogP contribution is -2.13. The van der Waals surface area contributed by atoms with Crippen molar-refractivity contribution < 1.29 is 13.2 Å². The summed E-state index contributed by atoms with van der Waals surface area (Å²) < 4.78 is 40.7. The lowest BCUT2D eigenvalue weighted by atomic mass is 9.94. The molecule has 1 saturated heterocycles. The lowest BCUT2D eigenvalue weighted by molar-refractivity contribution is -0.137. The summed E-state index contributed by atoms with van der Waals surface area (Å²) in [5.41, 5.74) is 1.02. The molecule has 6 heteroatoms. The van der Waals surface area contributed by atoms with Crippen LogP contribution in [0.15, 0.2) is 24.8 Å². The molecule has 0 bridgehead atoms. The fourth-order valence-electron chi connectivity index (χ4n) is 3.96. The van der Waals surface area contributed by atoms with Crippen LogP contribution in [-0.4, -0.2) is 22.5 Å². The molecule has 3 heterocycles. The van der Waals surface area contributed by atoms with Crippen molar-refractivity contribution >= 4 is 5.52 Å². The minimum absolute atomic E-state index is 0.212. The van der Waals surface area contributed by atoms with Crippen LogP contribution >= 0.6 is 0 Å². The molecular formula is C15H16F3N3. The maximum atomic E-state index is 13.1. The van der Waals surface area contributed by atoms with Crippen molar-refractivity contribution in [1.82, 2.24) is 14.7 Å². The Morgan fingerprint density at radius 3 is 2.57 bits per heavy atom. The quantitative estimate of drug-likeness (QED) is 0.876. The molecule has 1 saturated carbocycles. The average Bonchev–Trinajstić information content (AvgIpc) is 3.11. The Morgan fingerprint density at radius 1 is 1.19 bits per heavy atom. The molecule has 1 N–H and O–H groups in total. The molecule has 112 valence electrons. The molecule has 2 aromatic heterocycles. The van der Waals surface area contributed by atoms with Gasteiger partial charge in [0.1, 0.15) is 0 Å². The van der Waals surface area contributed by atoms with Crippen LogP contribution in [0.25, 0.3) is 5.52 Å². The third kappa shape index (κ3) is 2.12. The largest absolute Gasteiger partial charge is 0.417 e. The summed E-state index contributed by atoms with van der Waals surface area (Å²) >= 11 is 0. The zero-order chi connectivity index (χ0) is 14.6. The van der Waals surface area contributed by atoms with Crippen LogP contribution in [0.2, 0.25) is 0 Å². The van der Waals surface area contributed by atoms with Gasteiger partial charge in [0.2, 0.25) is 0 Å². The minimum Gasteiger partial charge on any atom is -0.316 e. The van der Waals surface area contributed by atoms with Gasteiger partial charge in [-0.15, -0.1) is 0 Å². The standard InChI is InChI=1S/C15H16F3N3/c16-15(17,18)12-3-13(14-6-20-8-21(14)7-12)9-1-10-4-19-5-11(10)2-9/h3,6-11,19H,1-2,4-5H2. The van der Waals surface area contributed by atoms with Crippen molar-refractivity contribution in [2.45, 2.75) is 24.9 Å². The van der Waals surface area contributed by atoms with Gasteiger partial charge in [-0.2, -0.15) is 13.2 Å². The summed E-state index contributed by atoms with van der Waals surface area (Å²) in [4.78, 5) is 4.01. The second-order valence-corrected chi connectivity index (χ2v) is 6.21. The van der Waals surface area contributed by atoms with Gasteiger partial charge in [0, 0.05) is 6.20 Å². The highest BCUT2D eigenvalue weighted by Crippen LogP contribution is 2.46. The molecule has 1 aliphatic carbocycles. The molecule has 21 heavy (non-hydrogen) atoms. The summed E-state index contributed by atoms with van der Waals surface area (Å²) in [6.45, 7) is 1.99. The van der Waals surface area contributed by atoms with Gasteiger partial charge in [-0.05, 0) is 55.3 Å². The van der Waals surface area contributed by atoms with Gasteiger partial charge >= 0.3 is 6.18 Å². The number of pyridine rings is 1. The number of nitrogens with one attached hydrogen (secondary N) is 1. The van der Waals surface area contributed by atoms with Crippen LogP contribution < -0.4 is 5.32 Å². The number of aromatic nitrogens is 2. The van der Waals surface area contributed by atoms with Crippen molar-refractivity contribution in [2.24, 2.45) is 11.8 Å². The van der Waals surface area contributed by atoms with Gasteiger partial charge in [0.05, 0.1) is 23.6 Å². The van der Waals surface area contributed by atoms with E-state index < -0.39 is 11.7 Å². The molecular weight excluding hydrogens is 279 g/mol. The molecule has 0 spiro atoms. The number of rotatable bonds is 1. The third-order valence-corrected chi connectivity index (χ3v) is 4.97. The normalized spacial score (nSPS) is 29.2. The molecule has 1 aliphatic heterocycles. The first-order valence-corrected chi connectivity index (χ1v) is 7.26. The maximum Gasteiger partial charge on any atom is 0.417 e. The molecule has 0 aromatic carbocycles. The number of halogens is 3. The molecule has 2 fully saturated rings. The Balaban J connectivity index is 1.78. The second-order valence-electron chi connectivity index (χ2n) is 6.21. The SMILES string of the molecule is FC(F)(F)c1cc(C2CC3CNCC3C2)c2cncn2c1. The van der Waals surface area contributed by atoms with E-state index in [1.54, 1.807) is 6.20 Å². The molecule has 2 atom stereocenters. The molecule has 0 amide bonds. The van der Waals surface area contributed by atoms with Gasteiger partial charge in [-0.25, -0.2) is 4.98 Å². The highest BCUT2D eigenvalue weighted by atomic mass is 19.4. The summed E-state index contributed by atoms with van der Waals surface area (Å²) in [7, 11) is 0. The van der Waals surface area contributed by atoms with E-state index in [-0.39, 0.29) is 5.92 Å². The van der Waals surface area contributed by atoms with E-state index in [0.717, 1.165) is 43.2 Å². The summed E-state index contributed by atoms with van der Waals surface area (Å²) in [6, 6.07) is 1.33. The van der Waals surface area contributed by atoms with Gasteiger partial charge in [0.15, 0.2) is 0 Å². The zero-order valence-electron chi connectivity index (χ0n) is 11.4. The van der Waals surface area contributed by atoms with Gasteiger partial charge in [-0.1, -0.05) is 0 Å². The van der Waals surface area contributed by atoms with Gasteiger partial charge in [0.25, 0.3) is 0 Å². The Kier molecular flexibility index (Phi) is 2.79. The van der Waals surface area contributed by atoms with Crippen molar-refractivity contribution in [2.75, 3.05) is 13.1 Å². The average molecular weight is 295 g/mol. The van der Waals surface area contributed by atoms with E-state index in [9.17, 15) is 13.2 Å². The second kappa shape index (κ2) is 4.47. The number of alkyl halides is 3. The molecule has 2 unspecified atom stereocenters. The van der Waals surface area contributed by atoms with Crippen molar-refractivity contribution in [3.8, 4) is 0 Å². The van der Waals surface area contributed by atoms with Crippen LogP contribution in [0, 0.1) is 11.8 Å². The number of hydrogen-bond acceptors (Lipinski definition) is 2. The Bertz CT molecular complexity index is 664. The van der Waals surface area contributed by atoms with E-state index in [1.165, 1.54) is 16.8 Å². The number of fused-ring (bicyclic) bond motifs is 2. The molecule has 2 aromatic rings.